The minimum atomic E-state index is -0.726. The summed E-state index contributed by atoms with van der Waals surface area (Å²) in [6, 6.07) is 19.3. The van der Waals surface area contributed by atoms with E-state index in [0.29, 0.717) is 43.8 Å². The number of halogens is 6. The number of benzene rings is 4. The summed E-state index contributed by atoms with van der Waals surface area (Å²) in [4.78, 5) is 25.0. The van der Waals surface area contributed by atoms with Crippen LogP contribution < -0.4 is 22.1 Å². The van der Waals surface area contributed by atoms with Crippen molar-refractivity contribution in [1.29, 1.82) is 10.5 Å². The average Bonchev–Trinajstić information content (AvgIpc) is 3.76. The smallest absolute Gasteiger partial charge is 0.150 e. The first-order chi connectivity index (χ1) is 28.7. The highest BCUT2D eigenvalue weighted by Crippen LogP contribution is 2.32. The second-order valence-electron chi connectivity index (χ2n) is 13.1. The molecule has 0 unspecified atom stereocenters. The van der Waals surface area contributed by atoms with E-state index in [9.17, 15) is 28.1 Å². The molecular formula is C40H28Cl2F4N14. The van der Waals surface area contributed by atoms with Gasteiger partial charge in [0, 0.05) is 22.2 Å². The van der Waals surface area contributed by atoms with E-state index in [4.69, 9.17) is 34.7 Å². The minimum absolute atomic E-state index is 0.0367. The number of nitrogens with zero attached hydrogens (tertiary/aromatic N) is 10. The Morgan fingerprint density at radius 1 is 0.583 bits per heavy atom. The maximum Gasteiger partial charge on any atom is 0.150 e. The number of fused-ring (bicyclic) bond motifs is 2. The van der Waals surface area contributed by atoms with Crippen LogP contribution in [0.3, 0.4) is 0 Å². The molecule has 0 fully saturated rings. The fraction of sp³-hybridized carbons (Fsp3) is 0.100. The van der Waals surface area contributed by atoms with Crippen molar-refractivity contribution in [2.45, 2.75) is 25.9 Å². The molecule has 4 aromatic carbocycles. The Kier molecular flexibility index (Phi) is 11.3. The van der Waals surface area contributed by atoms with Crippen LogP contribution in [-0.2, 0) is 0 Å². The van der Waals surface area contributed by atoms with Crippen LogP contribution in [0.25, 0.3) is 33.4 Å². The van der Waals surface area contributed by atoms with E-state index in [1.807, 2.05) is 12.1 Å². The van der Waals surface area contributed by atoms with Crippen LogP contribution in [0, 0.1) is 45.9 Å². The van der Waals surface area contributed by atoms with Gasteiger partial charge in [0.2, 0.25) is 0 Å². The first-order valence-corrected chi connectivity index (χ1v) is 18.3. The van der Waals surface area contributed by atoms with Crippen LogP contribution >= 0.6 is 23.2 Å². The van der Waals surface area contributed by atoms with Gasteiger partial charge in [0.15, 0.2) is 0 Å². The lowest BCUT2D eigenvalue weighted by Crippen LogP contribution is -2.15. The molecule has 14 nitrogen and oxygen atoms in total. The monoisotopic (exact) mass is 850 g/mol. The normalized spacial score (nSPS) is 12.0. The summed E-state index contributed by atoms with van der Waals surface area (Å²) in [6.45, 7) is 3.54. The predicted molar refractivity (Wildman–Crippen MR) is 218 cm³/mol. The number of nitrogens with two attached hydrogens (primary N) is 2. The molecule has 2 atom stereocenters. The summed E-state index contributed by atoms with van der Waals surface area (Å²) in [7, 11) is 0. The number of anilines is 4. The SMILES string of the molecule is C[C@@H](Nc1ncnc(N)c1C#N)c1nc2ccc(Cl)cc2n1-c1cc(F)cc(F)c1.C[C@H](Nc1ncnc(N)c1C#N)c1nc2ccc(Cl)cc2n1-c1cc(F)cc(F)c1. The molecule has 0 saturated heterocycles. The lowest BCUT2D eigenvalue weighted by molar-refractivity contribution is 0.580. The van der Waals surface area contributed by atoms with Crippen molar-refractivity contribution in [2.24, 2.45) is 0 Å². The van der Waals surface area contributed by atoms with Crippen molar-refractivity contribution in [3.8, 4) is 23.5 Å². The molecule has 300 valence electrons. The number of rotatable bonds is 8. The maximum atomic E-state index is 13.9. The Hall–Kier alpha value is -7.54. The molecule has 0 saturated carbocycles. The fourth-order valence-corrected chi connectivity index (χ4v) is 6.70. The number of hydrogen-bond donors (Lipinski definition) is 4. The van der Waals surface area contributed by atoms with Crippen molar-refractivity contribution in [3.05, 3.63) is 142 Å². The van der Waals surface area contributed by atoms with Crippen molar-refractivity contribution in [1.82, 2.24) is 39.0 Å². The molecule has 0 aliphatic carbocycles. The van der Waals surface area contributed by atoms with Crippen LogP contribution in [0.5, 0.6) is 0 Å². The van der Waals surface area contributed by atoms with E-state index in [-0.39, 0.29) is 45.8 Å². The summed E-state index contributed by atoms with van der Waals surface area (Å²) in [5.74, 6) is -1.53. The lowest BCUT2D eigenvalue weighted by Gasteiger charge is -2.18. The third-order valence-corrected chi connectivity index (χ3v) is 9.42. The molecule has 8 rings (SSSR count). The molecule has 20 heteroatoms. The topological polar surface area (TPSA) is 211 Å². The van der Waals surface area contributed by atoms with Gasteiger partial charge in [-0.2, -0.15) is 10.5 Å². The lowest BCUT2D eigenvalue weighted by atomic mass is 10.2. The van der Waals surface area contributed by atoms with E-state index in [1.165, 1.54) is 36.9 Å². The zero-order valence-corrected chi connectivity index (χ0v) is 32.6. The van der Waals surface area contributed by atoms with Gasteiger partial charge in [-0.05, 0) is 74.5 Å². The third kappa shape index (κ3) is 8.23. The van der Waals surface area contributed by atoms with Crippen molar-refractivity contribution < 1.29 is 17.6 Å². The molecule has 4 aromatic heterocycles. The second-order valence-corrected chi connectivity index (χ2v) is 13.9. The zero-order valence-electron chi connectivity index (χ0n) is 31.1. The van der Waals surface area contributed by atoms with Crippen molar-refractivity contribution in [3.63, 3.8) is 0 Å². The Bertz CT molecular complexity index is 2790. The quantitative estimate of drug-likeness (QED) is 0.106. The van der Waals surface area contributed by atoms with Crippen molar-refractivity contribution in [2.75, 3.05) is 22.1 Å². The molecule has 0 aliphatic rings. The van der Waals surface area contributed by atoms with Gasteiger partial charge in [0.1, 0.15) is 94.1 Å². The van der Waals surface area contributed by atoms with Crippen LogP contribution in [0.1, 0.15) is 48.7 Å². The van der Waals surface area contributed by atoms with Crippen LogP contribution in [0.4, 0.5) is 40.8 Å². The maximum absolute atomic E-state index is 13.9. The Morgan fingerprint density at radius 3 is 1.30 bits per heavy atom. The van der Waals surface area contributed by atoms with Crippen LogP contribution in [0.15, 0.2) is 85.5 Å². The van der Waals surface area contributed by atoms with Gasteiger partial charge >= 0.3 is 0 Å². The van der Waals surface area contributed by atoms with E-state index in [2.05, 4.69) is 40.5 Å². The number of nitriles is 2. The van der Waals surface area contributed by atoms with Gasteiger partial charge in [-0.3, -0.25) is 9.13 Å². The highest BCUT2D eigenvalue weighted by molar-refractivity contribution is 6.31. The van der Waals surface area contributed by atoms with E-state index in [0.717, 1.165) is 12.1 Å². The Balaban J connectivity index is 0.000000181. The number of nitrogens with one attached hydrogen (secondary N) is 2. The van der Waals surface area contributed by atoms with Gasteiger partial charge < -0.3 is 22.1 Å². The molecule has 0 aliphatic heterocycles. The standard InChI is InChI=1S/2C20H14ClF2N7/c2*1-10(28-19-15(8-24)18(25)26-9-27-19)20-29-16-3-2-11(21)4-17(16)30(20)14-6-12(22)5-13(23)7-14/h2*2-7,9-10H,1H3,(H3,25,26,27,28)/t2*10-/m10/s1. The first-order valence-electron chi connectivity index (χ1n) is 17.6. The summed E-state index contributed by atoms with van der Waals surface area (Å²) in [5.41, 5.74) is 14.4. The zero-order chi connectivity index (χ0) is 42.8. The molecule has 6 N–H and O–H groups in total. The number of imidazole rings is 2. The largest absolute Gasteiger partial charge is 0.382 e. The predicted octanol–water partition coefficient (Wildman–Crippen LogP) is 8.75. The third-order valence-electron chi connectivity index (χ3n) is 8.95. The van der Waals surface area contributed by atoms with E-state index >= 15 is 0 Å². The van der Waals surface area contributed by atoms with Gasteiger partial charge in [-0.1, -0.05) is 23.2 Å². The van der Waals surface area contributed by atoms with E-state index < -0.39 is 35.4 Å². The van der Waals surface area contributed by atoms with Gasteiger partial charge in [0.25, 0.3) is 0 Å². The van der Waals surface area contributed by atoms with Gasteiger partial charge in [0.05, 0.1) is 45.5 Å². The molecule has 0 amide bonds. The highest BCUT2D eigenvalue weighted by Gasteiger charge is 2.23. The van der Waals surface area contributed by atoms with Crippen LogP contribution in [0.2, 0.25) is 10.0 Å². The molecule has 0 bridgehead atoms. The van der Waals surface area contributed by atoms with E-state index in [1.54, 1.807) is 59.4 Å². The number of aromatic nitrogens is 8. The number of hydrogen-bond acceptors (Lipinski definition) is 12. The molecular weight excluding hydrogens is 823 g/mol. The Morgan fingerprint density at radius 2 is 0.950 bits per heavy atom. The second kappa shape index (κ2) is 16.7. The Labute approximate surface area is 347 Å². The highest BCUT2D eigenvalue weighted by atomic mass is 35.5. The van der Waals surface area contributed by atoms with Crippen molar-refractivity contribution >= 4 is 68.5 Å². The van der Waals surface area contributed by atoms with Crippen LogP contribution in [-0.4, -0.2) is 39.0 Å². The summed E-state index contributed by atoms with van der Waals surface area (Å²) in [6.07, 6.45) is 2.46. The molecule has 8 aromatic rings. The molecule has 60 heavy (non-hydrogen) atoms. The summed E-state index contributed by atoms with van der Waals surface area (Å²) < 4.78 is 59.0. The molecule has 0 radical (unpaired) electrons. The molecule has 0 spiro atoms. The molecule has 4 heterocycles. The summed E-state index contributed by atoms with van der Waals surface area (Å²) >= 11 is 12.3. The summed E-state index contributed by atoms with van der Waals surface area (Å²) in [5, 5.41) is 25.8. The fourth-order valence-electron chi connectivity index (χ4n) is 6.37. The number of nitrogen functional groups attached to an aromatic ring is 2. The average molecular weight is 852 g/mol. The minimum Gasteiger partial charge on any atom is -0.382 e. The van der Waals surface area contributed by atoms with Gasteiger partial charge in [-0.15, -0.1) is 0 Å². The van der Waals surface area contributed by atoms with Gasteiger partial charge in [-0.25, -0.2) is 47.5 Å². The first kappa shape index (κ1) is 40.6.